The number of aromatic amines is 1. The maximum atomic E-state index is 4.51. The molecule has 3 nitrogen and oxygen atoms in total. The van der Waals surface area contributed by atoms with Gasteiger partial charge in [-0.05, 0) is 18.9 Å². The minimum atomic E-state index is 0.642. The fourth-order valence-corrected chi connectivity index (χ4v) is 2.77. The van der Waals surface area contributed by atoms with Gasteiger partial charge in [0.05, 0.1) is 5.69 Å². The van der Waals surface area contributed by atoms with Crippen molar-refractivity contribution in [2.75, 3.05) is 0 Å². The van der Waals surface area contributed by atoms with Crippen LogP contribution in [-0.2, 0) is 0 Å². The summed E-state index contributed by atoms with van der Waals surface area (Å²) in [5.74, 6) is 0.642. The first-order valence-corrected chi connectivity index (χ1v) is 6.23. The van der Waals surface area contributed by atoms with E-state index in [1.807, 2.05) is 6.20 Å². The second-order valence-corrected chi connectivity index (χ2v) is 4.69. The van der Waals surface area contributed by atoms with Gasteiger partial charge in [-0.3, -0.25) is 0 Å². The summed E-state index contributed by atoms with van der Waals surface area (Å²) in [4.78, 5) is 11.9. The lowest BCUT2D eigenvalue weighted by atomic mass is 9.94. The summed E-state index contributed by atoms with van der Waals surface area (Å²) >= 11 is 0. The van der Waals surface area contributed by atoms with Crippen LogP contribution in [0.2, 0.25) is 0 Å². The molecule has 1 saturated carbocycles. The van der Waals surface area contributed by atoms with E-state index in [0.717, 1.165) is 5.65 Å². The van der Waals surface area contributed by atoms with Crippen molar-refractivity contribution in [1.82, 2.24) is 15.0 Å². The lowest BCUT2D eigenvalue weighted by Gasteiger charge is -2.13. The van der Waals surface area contributed by atoms with Crippen LogP contribution in [0, 0.1) is 0 Å². The minimum Gasteiger partial charge on any atom is -0.346 e. The van der Waals surface area contributed by atoms with E-state index < -0.39 is 0 Å². The van der Waals surface area contributed by atoms with Gasteiger partial charge in [0, 0.05) is 17.5 Å². The number of hydrogen-bond donors (Lipinski definition) is 1. The SMILES string of the molecule is c1nc(C2CCCCCC2)c2cc[nH]c2n1. The highest BCUT2D eigenvalue weighted by atomic mass is 14.9. The van der Waals surface area contributed by atoms with Crippen LogP contribution in [0.3, 0.4) is 0 Å². The Balaban J connectivity index is 2.00. The van der Waals surface area contributed by atoms with Crippen molar-refractivity contribution in [2.45, 2.75) is 44.4 Å². The van der Waals surface area contributed by atoms with Crippen LogP contribution in [0.25, 0.3) is 11.0 Å². The molecule has 0 amide bonds. The Bertz CT molecular complexity index is 467. The predicted octanol–water partition coefficient (Wildman–Crippen LogP) is 3.40. The Kier molecular flexibility index (Phi) is 2.60. The van der Waals surface area contributed by atoms with Gasteiger partial charge in [-0.15, -0.1) is 0 Å². The van der Waals surface area contributed by atoms with Gasteiger partial charge in [0.25, 0.3) is 0 Å². The van der Waals surface area contributed by atoms with Crippen LogP contribution in [0.5, 0.6) is 0 Å². The van der Waals surface area contributed by atoms with Gasteiger partial charge in [-0.25, -0.2) is 9.97 Å². The van der Waals surface area contributed by atoms with Crippen molar-refractivity contribution in [3.63, 3.8) is 0 Å². The Morgan fingerprint density at radius 3 is 2.69 bits per heavy atom. The molecule has 16 heavy (non-hydrogen) atoms. The first-order chi connectivity index (χ1) is 7.95. The molecular weight excluding hydrogens is 198 g/mol. The third-order valence-corrected chi connectivity index (χ3v) is 3.63. The van der Waals surface area contributed by atoms with Crippen LogP contribution in [-0.4, -0.2) is 15.0 Å². The number of fused-ring (bicyclic) bond motifs is 1. The number of nitrogens with zero attached hydrogens (tertiary/aromatic N) is 2. The molecule has 0 atom stereocenters. The largest absolute Gasteiger partial charge is 0.346 e. The molecule has 3 heteroatoms. The maximum absolute atomic E-state index is 4.51. The summed E-state index contributed by atoms with van der Waals surface area (Å²) < 4.78 is 0. The van der Waals surface area contributed by atoms with Gasteiger partial charge in [0.1, 0.15) is 12.0 Å². The summed E-state index contributed by atoms with van der Waals surface area (Å²) in [6.45, 7) is 0. The Morgan fingerprint density at radius 2 is 1.88 bits per heavy atom. The van der Waals surface area contributed by atoms with E-state index >= 15 is 0 Å². The lowest BCUT2D eigenvalue weighted by molar-refractivity contribution is 0.581. The standard InChI is InChI=1S/C13H17N3/c1-2-4-6-10(5-3-1)12-11-7-8-14-13(11)16-9-15-12/h7-10H,1-6H2,(H,14,15,16). The third kappa shape index (κ3) is 1.70. The summed E-state index contributed by atoms with van der Waals surface area (Å²) in [5, 5.41) is 1.22. The molecule has 0 spiro atoms. The molecule has 1 aliphatic rings. The highest BCUT2D eigenvalue weighted by Crippen LogP contribution is 2.33. The number of hydrogen-bond acceptors (Lipinski definition) is 2. The minimum absolute atomic E-state index is 0.642. The monoisotopic (exact) mass is 215 g/mol. The van der Waals surface area contributed by atoms with E-state index in [-0.39, 0.29) is 0 Å². The fraction of sp³-hybridized carbons (Fsp3) is 0.538. The molecule has 0 radical (unpaired) electrons. The Hall–Kier alpha value is -1.38. The van der Waals surface area contributed by atoms with Gasteiger partial charge in [0.15, 0.2) is 0 Å². The smallest absolute Gasteiger partial charge is 0.140 e. The van der Waals surface area contributed by atoms with Gasteiger partial charge in [0.2, 0.25) is 0 Å². The fourth-order valence-electron chi connectivity index (χ4n) is 2.77. The molecule has 0 bridgehead atoms. The summed E-state index contributed by atoms with van der Waals surface area (Å²) in [7, 11) is 0. The normalized spacial score (nSPS) is 18.8. The number of rotatable bonds is 1. The first kappa shape index (κ1) is 9.82. The van der Waals surface area contributed by atoms with Crippen molar-refractivity contribution < 1.29 is 0 Å². The average molecular weight is 215 g/mol. The van der Waals surface area contributed by atoms with Gasteiger partial charge in [-0.1, -0.05) is 25.7 Å². The zero-order valence-corrected chi connectivity index (χ0v) is 9.45. The first-order valence-electron chi connectivity index (χ1n) is 6.23. The molecule has 2 heterocycles. The Labute approximate surface area is 95.3 Å². The van der Waals surface area contributed by atoms with E-state index in [0.29, 0.717) is 5.92 Å². The van der Waals surface area contributed by atoms with Crippen LogP contribution in [0.15, 0.2) is 18.6 Å². The van der Waals surface area contributed by atoms with E-state index in [9.17, 15) is 0 Å². The van der Waals surface area contributed by atoms with E-state index in [2.05, 4.69) is 21.0 Å². The zero-order valence-electron chi connectivity index (χ0n) is 9.45. The van der Waals surface area contributed by atoms with Crippen molar-refractivity contribution in [2.24, 2.45) is 0 Å². The van der Waals surface area contributed by atoms with Crippen LogP contribution >= 0.6 is 0 Å². The van der Waals surface area contributed by atoms with E-state index in [1.165, 1.54) is 49.6 Å². The number of nitrogens with one attached hydrogen (secondary N) is 1. The van der Waals surface area contributed by atoms with Gasteiger partial charge >= 0.3 is 0 Å². The highest BCUT2D eigenvalue weighted by molar-refractivity contribution is 5.78. The quantitative estimate of drug-likeness (QED) is 0.741. The van der Waals surface area contributed by atoms with Crippen LogP contribution in [0.1, 0.15) is 50.1 Å². The molecule has 1 fully saturated rings. The molecular formula is C13H17N3. The van der Waals surface area contributed by atoms with Crippen molar-refractivity contribution in [3.8, 4) is 0 Å². The topological polar surface area (TPSA) is 41.6 Å². The van der Waals surface area contributed by atoms with Crippen LogP contribution < -0.4 is 0 Å². The molecule has 0 aromatic carbocycles. The summed E-state index contributed by atoms with van der Waals surface area (Å²) in [6, 6.07) is 2.11. The predicted molar refractivity (Wildman–Crippen MR) is 64.3 cm³/mol. The second kappa shape index (κ2) is 4.24. The molecule has 0 saturated heterocycles. The molecule has 0 aliphatic heterocycles. The molecule has 2 aromatic heterocycles. The molecule has 1 N–H and O–H groups in total. The molecule has 1 aliphatic carbocycles. The highest BCUT2D eigenvalue weighted by Gasteiger charge is 2.18. The molecule has 2 aromatic rings. The van der Waals surface area contributed by atoms with Crippen molar-refractivity contribution in [1.29, 1.82) is 0 Å². The maximum Gasteiger partial charge on any atom is 0.140 e. The molecule has 0 unspecified atom stereocenters. The lowest BCUT2D eigenvalue weighted by Crippen LogP contribution is -2.01. The van der Waals surface area contributed by atoms with E-state index in [1.54, 1.807) is 6.33 Å². The number of H-pyrrole nitrogens is 1. The summed E-state index contributed by atoms with van der Waals surface area (Å²) in [6.07, 6.45) is 11.7. The zero-order chi connectivity index (χ0) is 10.8. The van der Waals surface area contributed by atoms with Gasteiger partial charge < -0.3 is 4.98 Å². The Morgan fingerprint density at radius 1 is 1.06 bits per heavy atom. The summed E-state index contributed by atoms with van der Waals surface area (Å²) in [5.41, 5.74) is 2.24. The third-order valence-electron chi connectivity index (χ3n) is 3.63. The molecule has 3 rings (SSSR count). The van der Waals surface area contributed by atoms with Crippen molar-refractivity contribution >= 4 is 11.0 Å². The second-order valence-electron chi connectivity index (χ2n) is 4.69. The van der Waals surface area contributed by atoms with Crippen molar-refractivity contribution in [3.05, 3.63) is 24.3 Å². The van der Waals surface area contributed by atoms with E-state index in [4.69, 9.17) is 0 Å². The van der Waals surface area contributed by atoms with Crippen LogP contribution in [0.4, 0.5) is 0 Å². The van der Waals surface area contributed by atoms with Gasteiger partial charge in [-0.2, -0.15) is 0 Å². The molecule has 84 valence electrons. The average Bonchev–Trinajstić information content (AvgIpc) is 2.63. The number of aromatic nitrogens is 3.